The minimum Gasteiger partial charge on any atom is -0.448 e. The smallest absolute Gasteiger partial charge is 0.193 e. The highest BCUT2D eigenvalue weighted by atomic mass is 79.9. The second-order valence-corrected chi connectivity index (χ2v) is 7.10. The average Bonchev–Trinajstić information content (AvgIpc) is 2.87. The quantitative estimate of drug-likeness (QED) is 0.808. The predicted octanol–water partition coefficient (Wildman–Crippen LogP) is 5.15. The molecular formula is C13H15BrClNOS. The standard InChI is InChI=1S/C13H15BrClNOS/c1-3-6-16-13(10-4-5-12(15)17-10)9-7-11(14)18-8(9)2/h4-5,7,13,16H,3,6H2,1-2H3. The molecule has 2 heterocycles. The zero-order valence-electron chi connectivity index (χ0n) is 10.3. The van der Waals surface area contributed by atoms with E-state index < -0.39 is 0 Å². The first kappa shape index (κ1) is 14.1. The first-order valence-electron chi connectivity index (χ1n) is 5.86. The van der Waals surface area contributed by atoms with Crippen LogP contribution in [0.2, 0.25) is 5.22 Å². The summed E-state index contributed by atoms with van der Waals surface area (Å²) in [5, 5.41) is 3.93. The Morgan fingerprint density at radius 1 is 1.50 bits per heavy atom. The van der Waals surface area contributed by atoms with Gasteiger partial charge in [0.15, 0.2) is 5.22 Å². The van der Waals surface area contributed by atoms with Gasteiger partial charge in [0.2, 0.25) is 0 Å². The molecule has 1 unspecified atom stereocenters. The molecule has 2 aromatic rings. The number of furan rings is 1. The number of hydrogen-bond acceptors (Lipinski definition) is 3. The zero-order valence-corrected chi connectivity index (χ0v) is 13.5. The lowest BCUT2D eigenvalue weighted by Gasteiger charge is -2.16. The van der Waals surface area contributed by atoms with Crippen LogP contribution in [0.4, 0.5) is 0 Å². The molecule has 5 heteroatoms. The highest BCUT2D eigenvalue weighted by Gasteiger charge is 2.20. The summed E-state index contributed by atoms with van der Waals surface area (Å²) >= 11 is 11.1. The Morgan fingerprint density at radius 2 is 2.28 bits per heavy atom. The Bertz CT molecular complexity index is 523. The van der Waals surface area contributed by atoms with Gasteiger partial charge in [-0.3, -0.25) is 0 Å². The highest BCUT2D eigenvalue weighted by Crippen LogP contribution is 2.34. The minimum absolute atomic E-state index is 0.0694. The molecule has 0 saturated carbocycles. The lowest BCUT2D eigenvalue weighted by Crippen LogP contribution is -2.22. The van der Waals surface area contributed by atoms with Gasteiger partial charge in [-0.2, -0.15) is 0 Å². The number of hydrogen-bond donors (Lipinski definition) is 1. The topological polar surface area (TPSA) is 25.2 Å². The Morgan fingerprint density at radius 3 is 2.78 bits per heavy atom. The van der Waals surface area contributed by atoms with Gasteiger partial charge in [-0.25, -0.2) is 0 Å². The summed E-state index contributed by atoms with van der Waals surface area (Å²) in [7, 11) is 0. The molecule has 2 rings (SSSR count). The SMILES string of the molecule is CCCNC(c1ccc(Cl)o1)c1cc(Br)sc1C. The fraction of sp³-hybridized carbons (Fsp3) is 0.385. The largest absolute Gasteiger partial charge is 0.448 e. The van der Waals surface area contributed by atoms with E-state index in [2.05, 4.69) is 41.2 Å². The molecule has 0 aliphatic rings. The van der Waals surface area contributed by atoms with Gasteiger partial charge in [-0.1, -0.05) is 6.92 Å². The van der Waals surface area contributed by atoms with Crippen molar-refractivity contribution in [3.63, 3.8) is 0 Å². The van der Waals surface area contributed by atoms with E-state index in [-0.39, 0.29) is 6.04 Å². The van der Waals surface area contributed by atoms with Crippen LogP contribution in [0.1, 0.15) is 35.6 Å². The van der Waals surface area contributed by atoms with Gasteiger partial charge >= 0.3 is 0 Å². The van der Waals surface area contributed by atoms with Crippen molar-refractivity contribution in [3.05, 3.63) is 43.4 Å². The number of thiophene rings is 1. The lowest BCUT2D eigenvalue weighted by atomic mass is 10.1. The van der Waals surface area contributed by atoms with Gasteiger partial charge in [0, 0.05) is 4.88 Å². The molecule has 0 bridgehead atoms. The van der Waals surface area contributed by atoms with Crippen molar-refractivity contribution < 1.29 is 4.42 Å². The molecule has 0 saturated heterocycles. The Kier molecular flexibility index (Phi) is 4.90. The maximum atomic E-state index is 5.87. The molecular weight excluding hydrogens is 334 g/mol. The third kappa shape index (κ3) is 3.18. The molecule has 98 valence electrons. The molecule has 18 heavy (non-hydrogen) atoms. The maximum Gasteiger partial charge on any atom is 0.193 e. The first-order valence-corrected chi connectivity index (χ1v) is 7.85. The fourth-order valence-electron chi connectivity index (χ4n) is 1.88. The molecule has 0 radical (unpaired) electrons. The highest BCUT2D eigenvalue weighted by molar-refractivity contribution is 9.11. The van der Waals surface area contributed by atoms with Gasteiger partial charge in [0.1, 0.15) is 5.76 Å². The van der Waals surface area contributed by atoms with Crippen LogP contribution in [-0.4, -0.2) is 6.54 Å². The molecule has 1 N–H and O–H groups in total. The first-order chi connectivity index (χ1) is 8.61. The Hall–Kier alpha value is -0.290. The van der Waals surface area contributed by atoms with Crippen LogP contribution in [0.15, 0.2) is 26.4 Å². The predicted molar refractivity (Wildman–Crippen MR) is 80.6 cm³/mol. The van der Waals surface area contributed by atoms with Crippen molar-refractivity contribution in [1.29, 1.82) is 0 Å². The molecule has 1 atom stereocenters. The molecule has 0 aliphatic carbocycles. The van der Waals surface area contributed by atoms with Gasteiger partial charge < -0.3 is 9.73 Å². The minimum atomic E-state index is 0.0694. The van der Waals surface area contributed by atoms with Crippen LogP contribution < -0.4 is 5.32 Å². The summed E-state index contributed by atoms with van der Waals surface area (Å²) in [6, 6.07) is 5.93. The van der Waals surface area contributed by atoms with Crippen molar-refractivity contribution in [2.75, 3.05) is 6.54 Å². The second kappa shape index (κ2) is 6.24. The van der Waals surface area contributed by atoms with Crippen molar-refractivity contribution in [2.24, 2.45) is 0 Å². The van der Waals surface area contributed by atoms with E-state index >= 15 is 0 Å². The molecule has 0 spiro atoms. The molecule has 0 aliphatic heterocycles. The van der Waals surface area contributed by atoms with E-state index in [4.69, 9.17) is 16.0 Å². The summed E-state index contributed by atoms with van der Waals surface area (Å²) < 4.78 is 6.69. The van der Waals surface area contributed by atoms with Gasteiger partial charge in [0.25, 0.3) is 0 Å². The second-order valence-electron chi connectivity index (χ2n) is 4.09. The molecule has 0 aromatic carbocycles. The van der Waals surface area contributed by atoms with E-state index in [1.165, 1.54) is 10.4 Å². The number of aryl methyl sites for hydroxylation is 1. The van der Waals surface area contributed by atoms with E-state index in [9.17, 15) is 0 Å². The van der Waals surface area contributed by atoms with Crippen LogP contribution in [0.5, 0.6) is 0 Å². The Balaban J connectivity index is 2.33. The van der Waals surface area contributed by atoms with Crippen LogP contribution >= 0.6 is 38.9 Å². The van der Waals surface area contributed by atoms with Crippen LogP contribution in [0.3, 0.4) is 0 Å². The average molecular weight is 349 g/mol. The summed E-state index contributed by atoms with van der Waals surface area (Å²) in [5.41, 5.74) is 1.24. The zero-order chi connectivity index (χ0) is 13.1. The van der Waals surface area contributed by atoms with Crippen molar-refractivity contribution >= 4 is 38.9 Å². The molecule has 0 amide bonds. The van der Waals surface area contributed by atoms with Crippen LogP contribution in [-0.2, 0) is 0 Å². The normalized spacial score (nSPS) is 12.9. The summed E-state index contributed by atoms with van der Waals surface area (Å²) in [5.74, 6) is 0.863. The van der Waals surface area contributed by atoms with Gasteiger partial charge in [-0.05, 0) is 71.2 Å². The van der Waals surface area contributed by atoms with Gasteiger partial charge in [-0.15, -0.1) is 11.3 Å². The summed E-state index contributed by atoms with van der Waals surface area (Å²) in [6.07, 6.45) is 1.08. The lowest BCUT2D eigenvalue weighted by molar-refractivity contribution is 0.447. The van der Waals surface area contributed by atoms with E-state index in [0.29, 0.717) is 5.22 Å². The Labute approximate surface area is 124 Å². The monoisotopic (exact) mass is 347 g/mol. The van der Waals surface area contributed by atoms with Crippen LogP contribution in [0, 0.1) is 6.92 Å². The molecule has 2 nitrogen and oxygen atoms in total. The van der Waals surface area contributed by atoms with E-state index in [1.54, 1.807) is 17.4 Å². The van der Waals surface area contributed by atoms with E-state index in [0.717, 1.165) is 22.5 Å². The molecule has 0 fully saturated rings. The summed E-state index contributed by atoms with van der Waals surface area (Å²) in [4.78, 5) is 1.28. The van der Waals surface area contributed by atoms with Crippen molar-refractivity contribution in [2.45, 2.75) is 26.3 Å². The van der Waals surface area contributed by atoms with Crippen LogP contribution in [0.25, 0.3) is 0 Å². The van der Waals surface area contributed by atoms with Crippen molar-refractivity contribution in [1.82, 2.24) is 5.32 Å². The third-order valence-corrected chi connectivity index (χ3v) is 4.49. The van der Waals surface area contributed by atoms with Crippen molar-refractivity contribution in [3.8, 4) is 0 Å². The molecule has 2 aromatic heterocycles. The number of halogens is 2. The third-order valence-electron chi connectivity index (χ3n) is 2.71. The fourth-order valence-corrected chi connectivity index (χ4v) is 3.78. The van der Waals surface area contributed by atoms with E-state index in [1.807, 2.05) is 6.07 Å². The number of rotatable bonds is 5. The number of nitrogens with one attached hydrogen (secondary N) is 1. The maximum absolute atomic E-state index is 5.87. The summed E-state index contributed by atoms with van der Waals surface area (Å²) in [6.45, 7) is 5.21. The van der Waals surface area contributed by atoms with Gasteiger partial charge in [0.05, 0.1) is 9.83 Å².